The molecule has 1 aromatic rings. The summed E-state index contributed by atoms with van der Waals surface area (Å²) >= 11 is 0. The third-order valence-electron chi connectivity index (χ3n) is 1.30. The topological polar surface area (TPSA) is 38.4 Å². The summed E-state index contributed by atoms with van der Waals surface area (Å²) in [6.45, 7) is 2.05. The van der Waals surface area contributed by atoms with Gasteiger partial charge in [-0.2, -0.15) is 5.10 Å². The van der Waals surface area contributed by atoms with Crippen molar-refractivity contribution in [3.05, 3.63) is 35.4 Å². The molecule has 1 aromatic carbocycles. The van der Waals surface area contributed by atoms with Crippen molar-refractivity contribution in [2.24, 2.45) is 10.9 Å². The van der Waals surface area contributed by atoms with E-state index in [9.17, 15) is 0 Å². The Morgan fingerprint density at radius 3 is 2.40 bits per heavy atom. The highest BCUT2D eigenvalue weighted by Crippen LogP contribution is 1.99. The molecule has 0 bridgehead atoms. The van der Waals surface area contributed by atoms with Crippen molar-refractivity contribution in [3.63, 3.8) is 0 Å². The number of aryl methyl sites for hydroxylation is 1. The van der Waals surface area contributed by atoms with Gasteiger partial charge in [0.05, 0.1) is 6.21 Å². The van der Waals surface area contributed by atoms with Gasteiger partial charge in [-0.3, -0.25) is 0 Å². The molecule has 2 heteroatoms. The van der Waals surface area contributed by atoms with Crippen LogP contribution in [-0.2, 0) is 0 Å². The second-order valence-electron chi connectivity index (χ2n) is 2.19. The summed E-state index contributed by atoms with van der Waals surface area (Å²) < 4.78 is 0. The van der Waals surface area contributed by atoms with Gasteiger partial charge in [-0.1, -0.05) is 29.8 Å². The molecule has 0 radical (unpaired) electrons. The average Bonchev–Trinajstić information content (AvgIpc) is 1.95. The molecule has 0 saturated carbocycles. The lowest BCUT2D eigenvalue weighted by Gasteiger charge is -1.91. The van der Waals surface area contributed by atoms with Crippen LogP contribution in [0, 0.1) is 6.92 Å². The van der Waals surface area contributed by atoms with Crippen LogP contribution in [0.3, 0.4) is 0 Å². The quantitative estimate of drug-likeness (QED) is 0.351. The van der Waals surface area contributed by atoms with Gasteiger partial charge in [-0.15, -0.1) is 0 Å². The van der Waals surface area contributed by atoms with Gasteiger partial charge in [0.25, 0.3) is 0 Å². The van der Waals surface area contributed by atoms with Crippen molar-refractivity contribution >= 4 is 6.21 Å². The van der Waals surface area contributed by atoms with Crippen LogP contribution in [0.2, 0.25) is 0 Å². The van der Waals surface area contributed by atoms with Crippen molar-refractivity contribution in [2.45, 2.75) is 6.92 Å². The molecule has 1 rings (SSSR count). The molecule has 0 fully saturated rings. The molecule has 2 nitrogen and oxygen atoms in total. The summed E-state index contributed by atoms with van der Waals surface area (Å²) in [7, 11) is 0. The molecule has 52 valence electrons. The standard InChI is InChI=1S/C8H10N2/c1-7-2-4-8(5-3-7)6-10-9/h2-6H,9H2,1H3/b10-6+. The Balaban J connectivity index is 2.89. The second kappa shape index (κ2) is 3.01. The zero-order chi connectivity index (χ0) is 7.40. The highest BCUT2D eigenvalue weighted by atomic mass is 15.1. The molecule has 0 amide bonds. The summed E-state index contributed by atoms with van der Waals surface area (Å²) in [5.41, 5.74) is 2.28. The van der Waals surface area contributed by atoms with Crippen molar-refractivity contribution in [2.75, 3.05) is 0 Å². The van der Waals surface area contributed by atoms with E-state index < -0.39 is 0 Å². The first-order valence-corrected chi connectivity index (χ1v) is 3.13. The maximum Gasteiger partial charge on any atom is 0.0538 e. The van der Waals surface area contributed by atoms with E-state index in [1.54, 1.807) is 6.21 Å². The van der Waals surface area contributed by atoms with Crippen LogP contribution in [0.1, 0.15) is 11.1 Å². The van der Waals surface area contributed by atoms with Crippen molar-refractivity contribution in [1.82, 2.24) is 0 Å². The van der Waals surface area contributed by atoms with Gasteiger partial charge < -0.3 is 5.84 Å². The molecule has 0 aliphatic heterocycles. The Bertz CT molecular complexity index is 224. The van der Waals surface area contributed by atoms with Crippen molar-refractivity contribution < 1.29 is 0 Å². The Morgan fingerprint density at radius 1 is 1.30 bits per heavy atom. The molecular formula is C8H10N2. The fourth-order valence-corrected chi connectivity index (χ4v) is 0.739. The highest BCUT2D eigenvalue weighted by Gasteiger charge is 1.84. The van der Waals surface area contributed by atoms with E-state index in [0.29, 0.717) is 0 Å². The lowest BCUT2D eigenvalue weighted by atomic mass is 10.2. The van der Waals surface area contributed by atoms with Crippen LogP contribution in [0.5, 0.6) is 0 Å². The van der Waals surface area contributed by atoms with Crippen LogP contribution >= 0.6 is 0 Å². The van der Waals surface area contributed by atoms with Crippen molar-refractivity contribution in [1.29, 1.82) is 0 Å². The Hall–Kier alpha value is -1.31. The fourth-order valence-electron chi connectivity index (χ4n) is 0.739. The molecule has 0 aromatic heterocycles. The number of rotatable bonds is 1. The maximum absolute atomic E-state index is 4.97. The first kappa shape index (κ1) is 6.81. The fraction of sp³-hybridized carbons (Fsp3) is 0.125. The normalized spacial score (nSPS) is 10.5. The Kier molecular flexibility index (Phi) is 2.05. The predicted octanol–water partition coefficient (Wildman–Crippen LogP) is 1.29. The molecule has 0 aliphatic carbocycles. The van der Waals surface area contributed by atoms with Crippen molar-refractivity contribution in [3.8, 4) is 0 Å². The molecule has 0 heterocycles. The van der Waals surface area contributed by atoms with Crippen LogP contribution in [0.15, 0.2) is 29.4 Å². The Morgan fingerprint density at radius 2 is 1.90 bits per heavy atom. The summed E-state index contributed by atoms with van der Waals surface area (Å²) in [5.74, 6) is 4.97. The van der Waals surface area contributed by atoms with E-state index in [-0.39, 0.29) is 0 Å². The minimum absolute atomic E-state index is 1.04. The molecule has 0 aliphatic rings. The first-order chi connectivity index (χ1) is 4.83. The molecule has 0 atom stereocenters. The smallest absolute Gasteiger partial charge is 0.0538 e. The summed E-state index contributed by atoms with van der Waals surface area (Å²) in [4.78, 5) is 0. The van der Waals surface area contributed by atoms with Crippen LogP contribution < -0.4 is 5.84 Å². The Labute approximate surface area is 60.4 Å². The van der Waals surface area contributed by atoms with E-state index in [1.165, 1.54) is 5.56 Å². The van der Waals surface area contributed by atoms with E-state index >= 15 is 0 Å². The average molecular weight is 134 g/mol. The largest absolute Gasteiger partial charge is 0.323 e. The monoisotopic (exact) mass is 134 g/mol. The lowest BCUT2D eigenvalue weighted by Crippen LogP contribution is -1.85. The zero-order valence-electron chi connectivity index (χ0n) is 5.91. The van der Waals surface area contributed by atoms with E-state index in [4.69, 9.17) is 5.84 Å². The summed E-state index contributed by atoms with van der Waals surface area (Å²) in [5, 5.41) is 3.41. The third kappa shape index (κ3) is 1.58. The van der Waals surface area contributed by atoms with Crippen LogP contribution in [0.4, 0.5) is 0 Å². The van der Waals surface area contributed by atoms with E-state index in [0.717, 1.165) is 5.56 Å². The summed E-state index contributed by atoms with van der Waals surface area (Å²) in [6, 6.07) is 8.01. The lowest BCUT2D eigenvalue weighted by molar-refractivity contribution is 1.26. The molecule has 0 unspecified atom stereocenters. The zero-order valence-corrected chi connectivity index (χ0v) is 5.91. The number of benzene rings is 1. The van der Waals surface area contributed by atoms with Gasteiger partial charge in [0.15, 0.2) is 0 Å². The van der Waals surface area contributed by atoms with Gasteiger partial charge in [-0.05, 0) is 12.5 Å². The van der Waals surface area contributed by atoms with Gasteiger partial charge in [-0.25, -0.2) is 0 Å². The molecule has 0 saturated heterocycles. The molecule has 10 heavy (non-hydrogen) atoms. The second-order valence-corrected chi connectivity index (χ2v) is 2.19. The number of nitrogens with zero attached hydrogens (tertiary/aromatic N) is 1. The first-order valence-electron chi connectivity index (χ1n) is 3.13. The minimum atomic E-state index is 1.04. The number of hydrogen-bond acceptors (Lipinski definition) is 2. The molecule has 0 spiro atoms. The number of hydrogen-bond donors (Lipinski definition) is 1. The number of hydrazone groups is 1. The van der Waals surface area contributed by atoms with Gasteiger partial charge >= 0.3 is 0 Å². The van der Waals surface area contributed by atoms with Gasteiger partial charge in [0.1, 0.15) is 0 Å². The predicted molar refractivity (Wildman–Crippen MR) is 43.0 cm³/mol. The van der Waals surface area contributed by atoms with Crippen LogP contribution in [-0.4, -0.2) is 6.21 Å². The summed E-state index contributed by atoms with van der Waals surface area (Å²) in [6.07, 6.45) is 1.62. The maximum atomic E-state index is 4.97. The van der Waals surface area contributed by atoms with Gasteiger partial charge in [0, 0.05) is 0 Å². The molecule has 2 N–H and O–H groups in total. The van der Waals surface area contributed by atoms with E-state index in [1.807, 2.05) is 31.2 Å². The van der Waals surface area contributed by atoms with Gasteiger partial charge in [0.2, 0.25) is 0 Å². The SMILES string of the molecule is Cc1ccc(/C=N/N)cc1. The molecular weight excluding hydrogens is 124 g/mol. The third-order valence-corrected chi connectivity index (χ3v) is 1.30. The van der Waals surface area contributed by atoms with E-state index in [2.05, 4.69) is 5.10 Å². The highest BCUT2D eigenvalue weighted by molar-refractivity contribution is 5.79. The number of nitrogens with two attached hydrogens (primary N) is 1. The van der Waals surface area contributed by atoms with Crippen LogP contribution in [0.25, 0.3) is 0 Å². The minimum Gasteiger partial charge on any atom is -0.323 e.